The van der Waals surface area contributed by atoms with E-state index in [1.807, 2.05) is 30.3 Å². The molecule has 23 heavy (non-hydrogen) atoms. The van der Waals surface area contributed by atoms with Crippen LogP contribution >= 0.6 is 0 Å². The van der Waals surface area contributed by atoms with E-state index in [0.29, 0.717) is 12.5 Å². The van der Waals surface area contributed by atoms with Crippen LogP contribution < -0.4 is 14.8 Å². The van der Waals surface area contributed by atoms with E-state index < -0.39 is 0 Å². The SMILES string of the molecule is COc1ccc2c(c1)OC[C@@H](Cc1cccc(NC(C)=O)c1)C2. The second-order valence-electron chi connectivity index (χ2n) is 5.94. The van der Waals surface area contributed by atoms with Gasteiger partial charge in [-0.05, 0) is 42.2 Å². The van der Waals surface area contributed by atoms with Gasteiger partial charge in [-0.15, -0.1) is 0 Å². The van der Waals surface area contributed by atoms with Crippen molar-refractivity contribution in [3.63, 3.8) is 0 Å². The summed E-state index contributed by atoms with van der Waals surface area (Å²) in [6.45, 7) is 2.22. The lowest BCUT2D eigenvalue weighted by Gasteiger charge is -2.26. The molecule has 0 aromatic heterocycles. The van der Waals surface area contributed by atoms with E-state index >= 15 is 0 Å². The molecule has 1 aliphatic rings. The Morgan fingerprint density at radius 3 is 2.96 bits per heavy atom. The van der Waals surface area contributed by atoms with E-state index in [2.05, 4.69) is 17.4 Å². The summed E-state index contributed by atoms with van der Waals surface area (Å²) in [5.74, 6) is 2.13. The van der Waals surface area contributed by atoms with Gasteiger partial charge in [-0.2, -0.15) is 0 Å². The van der Waals surface area contributed by atoms with Crippen molar-refractivity contribution in [2.45, 2.75) is 19.8 Å². The Labute approximate surface area is 136 Å². The molecule has 3 rings (SSSR count). The molecule has 0 radical (unpaired) electrons. The number of nitrogens with one attached hydrogen (secondary N) is 1. The third kappa shape index (κ3) is 3.83. The topological polar surface area (TPSA) is 47.6 Å². The van der Waals surface area contributed by atoms with Gasteiger partial charge in [-0.3, -0.25) is 4.79 Å². The van der Waals surface area contributed by atoms with E-state index in [0.717, 1.165) is 30.0 Å². The van der Waals surface area contributed by atoms with Crippen LogP contribution in [0.5, 0.6) is 11.5 Å². The summed E-state index contributed by atoms with van der Waals surface area (Å²) in [6, 6.07) is 14.0. The minimum absolute atomic E-state index is 0.0500. The lowest BCUT2D eigenvalue weighted by atomic mass is 9.91. The number of carbonyl (C=O) groups excluding carboxylic acids is 1. The number of anilines is 1. The molecule has 0 saturated carbocycles. The second kappa shape index (κ2) is 6.73. The summed E-state index contributed by atoms with van der Waals surface area (Å²) in [4.78, 5) is 11.2. The number of fused-ring (bicyclic) bond motifs is 1. The highest BCUT2D eigenvalue weighted by Gasteiger charge is 2.20. The van der Waals surface area contributed by atoms with Crippen LogP contribution in [0.15, 0.2) is 42.5 Å². The average molecular weight is 311 g/mol. The number of hydrogen-bond acceptors (Lipinski definition) is 3. The van der Waals surface area contributed by atoms with E-state index in [1.54, 1.807) is 7.11 Å². The molecule has 2 aromatic carbocycles. The van der Waals surface area contributed by atoms with E-state index in [4.69, 9.17) is 9.47 Å². The standard InChI is InChI=1S/C19H21NO3/c1-13(21)20-17-5-3-4-14(10-17)8-15-9-16-6-7-18(22-2)11-19(16)23-12-15/h3-7,10-11,15H,8-9,12H2,1-2H3,(H,20,21)/t15-/m0/s1. The number of ether oxygens (including phenoxy) is 2. The summed E-state index contributed by atoms with van der Waals surface area (Å²) in [6.07, 6.45) is 1.92. The minimum atomic E-state index is -0.0500. The van der Waals surface area contributed by atoms with Gasteiger partial charge >= 0.3 is 0 Å². The summed E-state index contributed by atoms with van der Waals surface area (Å²) in [5, 5.41) is 2.83. The van der Waals surface area contributed by atoms with E-state index in [9.17, 15) is 4.79 Å². The molecule has 1 atom stereocenters. The molecule has 120 valence electrons. The van der Waals surface area contributed by atoms with Crippen LogP contribution in [0.2, 0.25) is 0 Å². The zero-order chi connectivity index (χ0) is 16.2. The van der Waals surface area contributed by atoms with Crippen molar-refractivity contribution in [3.05, 3.63) is 53.6 Å². The van der Waals surface area contributed by atoms with E-state index in [-0.39, 0.29) is 5.91 Å². The first-order valence-electron chi connectivity index (χ1n) is 7.80. The third-order valence-corrected chi connectivity index (χ3v) is 4.03. The zero-order valence-electron chi connectivity index (χ0n) is 13.5. The van der Waals surface area contributed by atoms with Crippen molar-refractivity contribution in [2.75, 3.05) is 19.0 Å². The Balaban J connectivity index is 1.68. The molecule has 0 aliphatic carbocycles. The monoisotopic (exact) mass is 311 g/mol. The van der Waals surface area contributed by atoms with Gasteiger partial charge in [0.05, 0.1) is 13.7 Å². The summed E-state index contributed by atoms with van der Waals surface area (Å²) < 4.78 is 11.1. The molecule has 0 bridgehead atoms. The maximum absolute atomic E-state index is 11.2. The van der Waals surface area contributed by atoms with Crippen LogP contribution in [0.1, 0.15) is 18.1 Å². The van der Waals surface area contributed by atoms with Gasteiger partial charge in [0.1, 0.15) is 11.5 Å². The fourth-order valence-corrected chi connectivity index (χ4v) is 2.99. The Morgan fingerprint density at radius 2 is 2.17 bits per heavy atom. The zero-order valence-corrected chi connectivity index (χ0v) is 13.5. The first kappa shape index (κ1) is 15.4. The molecule has 0 fully saturated rings. The quantitative estimate of drug-likeness (QED) is 0.941. The van der Waals surface area contributed by atoms with Crippen molar-refractivity contribution in [1.29, 1.82) is 0 Å². The maximum Gasteiger partial charge on any atom is 0.221 e. The Kier molecular flexibility index (Phi) is 4.51. The van der Waals surface area contributed by atoms with Crippen LogP contribution in [-0.4, -0.2) is 19.6 Å². The van der Waals surface area contributed by atoms with Crippen molar-refractivity contribution in [3.8, 4) is 11.5 Å². The molecule has 1 heterocycles. The van der Waals surface area contributed by atoms with Crippen LogP contribution in [-0.2, 0) is 17.6 Å². The van der Waals surface area contributed by atoms with Gasteiger partial charge in [0.25, 0.3) is 0 Å². The molecule has 1 amide bonds. The number of benzene rings is 2. The highest BCUT2D eigenvalue weighted by atomic mass is 16.5. The summed E-state index contributed by atoms with van der Waals surface area (Å²) in [7, 11) is 1.66. The number of amides is 1. The molecule has 4 nitrogen and oxygen atoms in total. The lowest BCUT2D eigenvalue weighted by molar-refractivity contribution is -0.114. The summed E-state index contributed by atoms with van der Waals surface area (Å²) in [5.41, 5.74) is 3.28. The van der Waals surface area contributed by atoms with Crippen molar-refractivity contribution >= 4 is 11.6 Å². The molecular weight excluding hydrogens is 290 g/mol. The van der Waals surface area contributed by atoms with Gasteiger partial charge in [0, 0.05) is 24.6 Å². The Hall–Kier alpha value is -2.49. The van der Waals surface area contributed by atoms with Crippen LogP contribution in [0.4, 0.5) is 5.69 Å². The molecule has 2 aromatic rings. The van der Waals surface area contributed by atoms with Gasteiger partial charge in [-0.1, -0.05) is 18.2 Å². The Bertz CT molecular complexity index is 712. The molecule has 0 unspecified atom stereocenters. The van der Waals surface area contributed by atoms with Gasteiger partial charge < -0.3 is 14.8 Å². The lowest BCUT2D eigenvalue weighted by Crippen LogP contribution is -2.22. The maximum atomic E-state index is 11.2. The molecular formula is C19H21NO3. The van der Waals surface area contributed by atoms with Crippen molar-refractivity contribution in [1.82, 2.24) is 0 Å². The fourth-order valence-electron chi connectivity index (χ4n) is 2.99. The summed E-state index contributed by atoms with van der Waals surface area (Å²) >= 11 is 0. The van der Waals surface area contributed by atoms with Crippen molar-refractivity contribution < 1.29 is 14.3 Å². The number of methoxy groups -OCH3 is 1. The third-order valence-electron chi connectivity index (χ3n) is 4.03. The minimum Gasteiger partial charge on any atom is -0.497 e. The molecule has 4 heteroatoms. The largest absolute Gasteiger partial charge is 0.497 e. The predicted molar refractivity (Wildman–Crippen MR) is 90.1 cm³/mol. The highest BCUT2D eigenvalue weighted by molar-refractivity contribution is 5.88. The smallest absolute Gasteiger partial charge is 0.221 e. The molecule has 1 aliphatic heterocycles. The number of hydrogen-bond donors (Lipinski definition) is 1. The van der Waals surface area contributed by atoms with E-state index in [1.165, 1.54) is 18.1 Å². The predicted octanol–water partition coefficient (Wildman–Crippen LogP) is 3.45. The molecule has 0 spiro atoms. The molecule has 0 saturated heterocycles. The first-order valence-corrected chi connectivity index (χ1v) is 7.80. The van der Waals surface area contributed by atoms with Gasteiger partial charge in [0.15, 0.2) is 0 Å². The fraction of sp³-hybridized carbons (Fsp3) is 0.316. The van der Waals surface area contributed by atoms with Crippen LogP contribution in [0, 0.1) is 5.92 Å². The first-order chi connectivity index (χ1) is 11.1. The Morgan fingerprint density at radius 1 is 1.30 bits per heavy atom. The highest BCUT2D eigenvalue weighted by Crippen LogP contribution is 2.32. The number of rotatable bonds is 4. The number of carbonyl (C=O) groups is 1. The van der Waals surface area contributed by atoms with Crippen LogP contribution in [0.3, 0.4) is 0 Å². The second-order valence-corrected chi connectivity index (χ2v) is 5.94. The van der Waals surface area contributed by atoms with Gasteiger partial charge in [0.2, 0.25) is 5.91 Å². The van der Waals surface area contributed by atoms with Crippen LogP contribution in [0.25, 0.3) is 0 Å². The van der Waals surface area contributed by atoms with Gasteiger partial charge in [-0.25, -0.2) is 0 Å². The molecule has 1 N–H and O–H groups in total. The van der Waals surface area contributed by atoms with Crippen molar-refractivity contribution in [2.24, 2.45) is 5.92 Å². The average Bonchev–Trinajstić information content (AvgIpc) is 2.54. The normalized spacial score (nSPS) is 16.2.